The minimum atomic E-state index is 0.567. The standard InChI is InChI=1S/C21H22N6OS3/c1-26-18(13-4-5-13)24-25-21(26)31-20-17-14(15-3-2-10-29-15)12-30-19(17)22-16(23-20)11-27-6-8-28-9-7-27/h2-3,10,12-13H,4-9,11H2,1H3. The third-order valence-electron chi connectivity index (χ3n) is 5.70. The Morgan fingerprint density at radius 2 is 2.03 bits per heavy atom. The van der Waals surface area contributed by atoms with Crippen LogP contribution in [0.1, 0.15) is 30.4 Å². The first-order valence-electron chi connectivity index (χ1n) is 10.5. The minimum Gasteiger partial charge on any atom is -0.379 e. The lowest BCUT2D eigenvalue weighted by Crippen LogP contribution is -2.36. The first kappa shape index (κ1) is 19.8. The van der Waals surface area contributed by atoms with Crippen molar-refractivity contribution in [2.45, 2.75) is 35.5 Å². The van der Waals surface area contributed by atoms with Crippen molar-refractivity contribution in [3.05, 3.63) is 34.5 Å². The fourth-order valence-electron chi connectivity index (χ4n) is 3.87. The average molecular weight is 471 g/mol. The molecule has 0 unspecified atom stereocenters. The van der Waals surface area contributed by atoms with Crippen molar-refractivity contribution in [3.63, 3.8) is 0 Å². The molecule has 7 nitrogen and oxygen atoms in total. The number of nitrogens with zero attached hydrogens (tertiary/aromatic N) is 6. The first-order chi connectivity index (χ1) is 15.3. The van der Waals surface area contributed by atoms with Gasteiger partial charge in [0.1, 0.15) is 21.5 Å². The summed E-state index contributed by atoms with van der Waals surface area (Å²) in [6, 6.07) is 4.25. The predicted molar refractivity (Wildman–Crippen MR) is 124 cm³/mol. The Morgan fingerprint density at radius 3 is 2.81 bits per heavy atom. The molecular weight excluding hydrogens is 448 g/mol. The maximum Gasteiger partial charge on any atom is 0.197 e. The summed E-state index contributed by atoms with van der Waals surface area (Å²) >= 11 is 5.05. The maximum atomic E-state index is 5.49. The molecule has 5 heterocycles. The molecule has 4 aromatic heterocycles. The second kappa shape index (κ2) is 8.25. The van der Waals surface area contributed by atoms with E-state index < -0.39 is 0 Å². The Morgan fingerprint density at radius 1 is 1.16 bits per heavy atom. The second-order valence-corrected chi connectivity index (χ2v) is 10.7. The quantitative estimate of drug-likeness (QED) is 0.387. The molecule has 1 aliphatic carbocycles. The van der Waals surface area contributed by atoms with Crippen LogP contribution in [0.15, 0.2) is 33.1 Å². The molecule has 0 radical (unpaired) electrons. The van der Waals surface area contributed by atoms with Gasteiger partial charge in [-0.05, 0) is 36.0 Å². The van der Waals surface area contributed by atoms with Gasteiger partial charge in [-0.2, -0.15) is 0 Å². The molecule has 0 atom stereocenters. The summed E-state index contributed by atoms with van der Waals surface area (Å²) < 4.78 is 7.63. The second-order valence-electron chi connectivity index (χ2n) is 7.92. The number of hydrogen-bond acceptors (Lipinski definition) is 9. The zero-order valence-corrected chi connectivity index (χ0v) is 19.6. The van der Waals surface area contributed by atoms with Gasteiger partial charge in [-0.3, -0.25) is 4.90 Å². The van der Waals surface area contributed by atoms with Crippen LogP contribution in [0.2, 0.25) is 0 Å². The number of aromatic nitrogens is 5. The molecule has 1 saturated heterocycles. The van der Waals surface area contributed by atoms with Crippen molar-refractivity contribution in [2.24, 2.45) is 7.05 Å². The molecule has 0 aromatic carbocycles. The van der Waals surface area contributed by atoms with E-state index in [4.69, 9.17) is 14.7 Å². The first-order valence-corrected chi connectivity index (χ1v) is 13.0. The lowest BCUT2D eigenvalue weighted by molar-refractivity contribution is 0.0330. The maximum absolute atomic E-state index is 5.49. The summed E-state index contributed by atoms with van der Waals surface area (Å²) in [6.07, 6.45) is 2.43. The number of morpholine rings is 1. The van der Waals surface area contributed by atoms with E-state index in [1.54, 1.807) is 34.4 Å². The van der Waals surface area contributed by atoms with Gasteiger partial charge < -0.3 is 9.30 Å². The van der Waals surface area contributed by atoms with Gasteiger partial charge in [0.25, 0.3) is 0 Å². The molecule has 1 aliphatic heterocycles. The van der Waals surface area contributed by atoms with Crippen LogP contribution >= 0.6 is 34.4 Å². The van der Waals surface area contributed by atoms with Crippen LogP contribution in [0.3, 0.4) is 0 Å². The monoisotopic (exact) mass is 470 g/mol. The number of hydrogen-bond donors (Lipinski definition) is 0. The molecule has 1 saturated carbocycles. The summed E-state index contributed by atoms with van der Waals surface area (Å²) in [5.41, 5.74) is 1.21. The minimum absolute atomic E-state index is 0.567. The largest absolute Gasteiger partial charge is 0.379 e. The topological polar surface area (TPSA) is 69.0 Å². The highest BCUT2D eigenvalue weighted by molar-refractivity contribution is 7.99. The molecule has 2 aliphatic rings. The Hall–Kier alpha value is -1.85. The fraction of sp³-hybridized carbons (Fsp3) is 0.429. The van der Waals surface area contributed by atoms with Gasteiger partial charge in [-0.25, -0.2) is 9.97 Å². The summed E-state index contributed by atoms with van der Waals surface area (Å²) in [4.78, 5) is 14.6. The van der Waals surface area contributed by atoms with Gasteiger partial charge in [-0.15, -0.1) is 32.9 Å². The van der Waals surface area contributed by atoms with Gasteiger partial charge in [-0.1, -0.05) is 6.07 Å². The molecule has 0 spiro atoms. The third kappa shape index (κ3) is 3.91. The number of fused-ring (bicyclic) bond motifs is 1. The van der Waals surface area contributed by atoms with E-state index in [9.17, 15) is 0 Å². The smallest absolute Gasteiger partial charge is 0.197 e. The van der Waals surface area contributed by atoms with Crippen LogP contribution in [0.25, 0.3) is 20.7 Å². The van der Waals surface area contributed by atoms with Gasteiger partial charge in [0.2, 0.25) is 0 Å². The summed E-state index contributed by atoms with van der Waals surface area (Å²) in [7, 11) is 2.07. The van der Waals surface area contributed by atoms with Crippen molar-refractivity contribution in [3.8, 4) is 10.4 Å². The van der Waals surface area contributed by atoms with Crippen molar-refractivity contribution >= 4 is 44.7 Å². The highest BCUT2D eigenvalue weighted by atomic mass is 32.2. The summed E-state index contributed by atoms with van der Waals surface area (Å²) in [5.74, 6) is 2.52. The van der Waals surface area contributed by atoms with Gasteiger partial charge in [0, 0.05) is 41.9 Å². The molecule has 2 fully saturated rings. The van der Waals surface area contributed by atoms with E-state index in [2.05, 4.69) is 49.6 Å². The van der Waals surface area contributed by atoms with Crippen LogP contribution in [-0.2, 0) is 18.3 Å². The van der Waals surface area contributed by atoms with Crippen molar-refractivity contribution in [1.29, 1.82) is 0 Å². The van der Waals surface area contributed by atoms with Crippen LogP contribution in [-0.4, -0.2) is 55.9 Å². The van der Waals surface area contributed by atoms with E-state index in [0.29, 0.717) is 5.92 Å². The predicted octanol–water partition coefficient (Wildman–Crippen LogP) is 4.41. The van der Waals surface area contributed by atoms with Crippen molar-refractivity contribution in [2.75, 3.05) is 26.3 Å². The number of rotatable bonds is 6. The van der Waals surface area contributed by atoms with E-state index in [1.165, 1.54) is 23.3 Å². The highest BCUT2D eigenvalue weighted by Crippen LogP contribution is 2.43. The van der Waals surface area contributed by atoms with E-state index in [1.807, 2.05) is 0 Å². The van der Waals surface area contributed by atoms with E-state index in [0.717, 1.165) is 64.9 Å². The summed E-state index contributed by atoms with van der Waals surface area (Å²) in [6.45, 7) is 4.12. The number of ether oxygens (including phenoxy) is 1. The van der Waals surface area contributed by atoms with E-state index >= 15 is 0 Å². The number of thiophene rings is 2. The zero-order valence-electron chi connectivity index (χ0n) is 17.2. The van der Waals surface area contributed by atoms with Crippen molar-refractivity contribution < 1.29 is 4.74 Å². The Balaban J connectivity index is 1.42. The van der Waals surface area contributed by atoms with Crippen LogP contribution in [0.4, 0.5) is 0 Å². The molecule has 31 heavy (non-hydrogen) atoms. The molecule has 6 rings (SSSR count). The molecule has 0 amide bonds. The SMILES string of the molecule is Cn1c(Sc2nc(CN3CCOCC3)nc3scc(-c4cccs4)c23)nnc1C1CC1. The molecule has 4 aromatic rings. The fourth-order valence-corrected chi connectivity index (χ4v) is 6.66. The van der Waals surface area contributed by atoms with Crippen LogP contribution in [0.5, 0.6) is 0 Å². The lowest BCUT2D eigenvalue weighted by Gasteiger charge is -2.25. The Bertz CT molecular complexity index is 1210. The highest BCUT2D eigenvalue weighted by Gasteiger charge is 2.30. The normalized spacial score (nSPS) is 17.6. The molecule has 0 bridgehead atoms. The van der Waals surface area contributed by atoms with E-state index in [-0.39, 0.29) is 0 Å². The van der Waals surface area contributed by atoms with Crippen molar-refractivity contribution in [1.82, 2.24) is 29.6 Å². The molecular formula is C21H22N6OS3. The molecule has 10 heteroatoms. The Labute approximate surface area is 192 Å². The van der Waals surface area contributed by atoms with Gasteiger partial charge in [0.15, 0.2) is 5.16 Å². The van der Waals surface area contributed by atoms with Gasteiger partial charge >= 0.3 is 0 Å². The van der Waals surface area contributed by atoms with Crippen LogP contribution < -0.4 is 0 Å². The summed E-state index contributed by atoms with van der Waals surface area (Å²) in [5, 5.41) is 16.3. The lowest BCUT2D eigenvalue weighted by atomic mass is 10.2. The molecule has 160 valence electrons. The van der Waals surface area contributed by atoms with Crippen LogP contribution in [0, 0.1) is 0 Å². The Kier molecular flexibility index (Phi) is 5.27. The van der Waals surface area contributed by atoms with Gasteiger partial charge in [0.05, 0.1) is 25.1 Å². The zero-order chi connectivity index (χ0) is 20.8. The average Bonchev–Trinajstić information content (AvgIpc) is 3.15. The molecule has 0 N–H and O–H groups in total. The third-order valence-corrected chi connectivity index (χ3v) is 8.50.